The number of nitrogens with zero attached hydrogens (tertiary/aromatic N) is 2. The second-order valence-corrected chi connectivity index (χ2v) is 12.1. The largest absolute Gasteiger partial charge is 0.486 e. The highest BCUT2D eigenvalue weighted by molar-refractivity contribution is 7.92. The van der Waals surface area contributed by atoms with Crippen LogP contribution in [0.1, 0.15) is 24.0 Å². The number of alkyl halides is 6. The van der Waals surface area contributed by atoms with Crippen molar-refractivity contribution in [1.82, 2.24) is 5.16 Å². The quantitative estimate of drug-likeness (QED) is 0.147. The van der Waals surface area contributed by atoms with Crippen molar-refractivity contribution in [1.29, 1.82) is 0 Å². The maximum absolute atomic E-state index is 13.8. The predicted molar refractivity (Wildman–Crippen MR) is 149 cm³/mol. The van der Waals surface area contributed by atoms with Crippen molar-refractivity contribution in [3.05, 3.63) is 82.9 Å². The fraction of sp³-hybridized carbons (Fsp3) is 0.241. The second-order valence-electron chi connectivity index (χ2n) is 9.84. The molecule has 1 aliphatic rings. The second kappa shape index (κ2) is 11.9. The summed E-state index contributed by atoms with van der Waals surface area (Å²) in [6.07, 6.45) is -10.6. The van der Waals surface area contributed by atoms with E-state index in [1.807, 2.05) is 0 Å². The summed E-state index contributed by atoms with van der Waals surface area (Å²) in [5, 5.41) is 3.60. The minimum atomic E-state index is -4.82. The van der Waals surface area contributed by atoms with Crippen LogP contribution in [-0.2, 0) is 31.9 Å². The molecule has 0 bridgehead atoms. The van der Waals surface area contributed by atoms with E-state index in [1.165, 1.54) is 37.4 Å². The molecule has 1 atom stereocenters. The first-order valence-corrected chi connectivity index (χ1v) is 14.8. The van der Waals surface area contributed by atoms with E-state index in [0.717, 1.165) is 34.6 Å². The Morgan fingerprint density at radius 1 is 1.02 bits per heavy atom. The number of carbonyl (C=O) groups excluding carboxylic acids is 1. The molecule has 0 radical (unpaired) electrons. The minimum Gasteiger partial charge on any atom is -0.486 e. The Kier molecular flexibility index (Phi) is 8.53. The van der Waals surface area contributed by atoms with Gasteiger partial charge in [-0.1, -0.05) is 28.9 Å². The minimum absolute atomic E-state index is 0.00470. The van der Waals surface area contributed by atoms with Gasteiger partial charge in [0.1, 0.15) is 17.5 Å². The van der Waals surface area contributed by atoms with Crippen molar-refractivity contribution >= 4 is 33.3 Å². The van der Waals surface area contributed by atoms with E-state index in [9.17, 15) is 39.6 Å². The number of hydrogen-bond acceptors (Lipinski definition) is 7. The van der Waals surface area contributed by atoms with Crippen LogP contribution in [0.25, 0.3) is 22.6 Å². The Morgan fingerprint density at radius 2 is 1.76 bits per heavy atom. The molecule has 0 spiro atoms. The van der Waals surface area contributed by atoms with Gasteiger partial charge in [-0.25, -0.2) is 8.42 Å². The van der Waals surface area contributed by atoms with Gasteiger partial charge in [0.2, 0.25) is 0 Å². The number of halogens is 7. The number of methoxy groups -OCH3 is 1. The number of benzene rings is 3. The number of fused-ring (bicyclic) bond motifs is 1. The normalized spacial score (nSPS) is 15.4. The third-order valence-corrected chi connectivity index (χ3v) is 9.00. The molecule has 0 fully saturated rings. The number of ether oxygens (including phenoxy) is 2. The topological polar surface area (TPSA) is 98.9 Å². The average molecular weight is 675 g/mol. The van der Waals surface area contributed by atoms with Gasteiger partial charge in [-0.05, 0) is 55.0 Å². The van der Waals surface area contributed by atoms with E-state index in [4.69, 9.17) is 20.9 Å². The highest BCUT2D eigenvalue weighted by atomic mass is 35.5. The zero-order valence-electron chi connectivity index (χ0n) is 22.9. The number of sulfonamides is 1. The lowest BCUT2D eigenvalue weighted by Crippen LogP contribution is -2.43. The van der Waals surface area contributed by atoms with Crippen LogP contribution in [0.15, 0.2) is 76.1 Å². The first kappa shape index (κ1) is 32.2. The molecule has 0 amide bonds. The molecule has 16 heteroatoms. The lowest BCUT2D eigenvalue weighted by atomic mass is 10.0. The first-order chi connectivity index (χ1) is 21.1. The standard InChI is InChI=1S/C29H21ClF6N2O6S/c1-42-26(39)11-9-18-15-38(45(40,41)19-5-2-4-17(13-19)28(31,32)33)23-12-16(8-10-24(23)43-18)22-14-25(44-37-22)27-20(29(34,35)36)6-3-7-21(27)30/h2-8,10,12-14,18H,9,11,15H2,1H3/t18-/m0/s1. The Balaban J connectivity index is 1.58. The molecular formula is C29H21ClF6N2O6S. The molecule has 0 aliphatic carbocycles. The van der Waals surface area contributed by atoms with Crippen molar-refractivity contribution in [3.63, 3.8) is 0 Å². The van der Waals surface area contributed by atoms with E-state index < -0.39 is 56.0 Å². The third kappa shape index (κ3) is 6.59. The van der Waals surface area contributed by atoms with Crippen LogP contribution in [0, 0.1) is 0 Å². The van der Waals surface area contributed by atoms with E-state index in [1.54, 1.807) is 0 Å². The highest BCUT2D eigenvalue weighted by Crippen LogP contribution is 2.44. The monoisotopic (exact) mass is 674 g/mol. The summed E-state index contributed by atoms with van der Waals surface area (Å²) in [6.45, 7) is -0.384. The molecule has 3 aromatic carbocycles. The lowest BCUT2D eigenvalue weighted by Gasteiger charge is -2.35. The zero-order chi connectivity index (χ0) is 32.7. The molecular weight excluding hydrogens is 654 g/mol. The number of esters is 1. The molecule has 1 aliphatic heterocycles. The Labute approximate surface area is 257 Å². The Hall–Kier alpha value is -4.24. The highest BCUT2D eigenvalue weighted by Gasteiger charge is 2.38. The summed E-state index contributed by atoms with van der Waals surface area (Å²) in [4.78, 5) is 11.1. The Bertz CT molecular complexity index is 1860. The molecule has 45 heavy (non-hydrogen) atoms. The van der Waals surface area contributed by atoms with Gasteiger partial charge in [0.25, 0.3) is 10.0 Å². The van der Waals surface area contributed by atoms with Gasteiger partial charge in [-0.15, -0.1) is 0 Å². The van der Waals surface area contributed by atoms with Crippen LogP contribution in [0.3, 0.4) is 0 Å². The van der Waals surface area contributed by atoms with Crippen LogP contribution in [0.2, 0.25) is 5.02 Å². The molecule has 8 nitrogen and oxygen atoms in total. The van der Waals surface area contributed by atoms with Gasteiger partial charge in [0, 0.05) is 18.1 Å². The van der Waals surface area contributed by atoms with Crippen LogP contribution in [-0.4, -0.2) is 39.3 Å². The van der Waals surface area contributed by atoms with E-state index in [-0.39, 0.29) is 52.9 Å². The smallest absolute Gasteiger partial charge is 0.417 e. The molecule has 238 valence electrons. The summed E-state index contributed by atoms with van der Waals surface area (Å²) in [5.41, 5.74) is -2.59. The SMILES string of the molecule is COC(=O)CC[C@H]1CN(S(=O)(=O)c2cccc(C(F)(F)F)c2)c2cc(-c3cc(-c4c(Cl)cccc4C(F)(F)F)on3)ccc2O1. The van der Waals surface area contributed by atoms with Gasteiger partial charge in [-0.2, -0.15) is 26.3 Å². The number of carbonyl (C=O) groups is 1. The number of anilines is 1. The third-order valence-electron chi connectivity index (χ3n) is 6.91. The van der Waals surface area contributed by atoms with Crippen LogP contribution in [0.4, 0.5) is 32.0 Å². The van der Waals surface area contributed by atoms with Gasteiger partial charge in [0.05, 0.1) is 46.0 Å². The van der Waals surface area contributed by atoms with Gasteiger partial charge < -0.3 is 14.0 Å². The van der Waals surface area contributed by atoms with Gasteiger partial charge >= 0.3 is 18.3 Å². The molecule has 0 unspecified atom stereocenters. The maximum Gasteiger partial charge on any atom is 0.417 e. The molecule has 5 rings (SSSR count). The van der Waals surface area contributed by atoms with Crippen LogP contribution in [0.5, 0.6) is 5.75 Å². The van der Waals surface area contributed by atoms with Gasteiger partial charge in [-0.3, -0.25) is 9.10 Å². The van der Waals surface area contributed by atoms with Crippen molar-refractivity contribution in [2.45, 2.75) is 36.2 Å². The molecule has 2 heterocycles. The van der Waals surface area contributed by atoms with Crippen LogP contribution < -0.4 is 9.04 Å². The number of aromatic nitrogens is 1. The molecule has 0 saturated heterocycles. The summed E-state index contributed by atoms with van der Waals surface area (Å²) in [5.74, 6) is -0.876. The first-order valence-electron chi connectivity index (χ1n) is 13.0. The van der Waals surface area contributed by atoms with Crippen molar-refractivity contribution in [2.24, 2.45) is 0 Å². The fourth-order valence-corrected chi connectivity index (χ4v) is 6.54. The van der Waals surface area contributed by atoms with Gasteiger partial charge in [0.15, 0.2) is 5.76 Å². The van der Waals surface area contributed by atoms with Crippen LogP contribution >= 0.6 is 11.6 Å². The number of rotatable bonds is 7. The lowest BCUT2D eigenvalue weighted by molar-refractivity contribution is -0.141. The van der Waals surface area contributed by atoms with Crippen molar-refractivity contribution in [3.8, 4) is 28.3 Å². The molecule has 4 aromatic rings. The molecule has 0 saturated carbocycles. The number of hydrogen-bond donors (Lipinski definition) is 0. The van der Waals surface area contributed by atoms with Crippen molar-refractivity contribution < 1.29 is 53.6 Å². The van der Waals surface area contributed by atoms with Crippen molar-refractivity contribution in [2.75, 3.05) is 18.0 Å². The zero-order valence-corrected chi connectivity index (χ0v) is 24.5. The molecule has 0 N–H and O–H groups in total. The van der Waals surface area contributed by atoms with E-state index in [0.29, 0.717) is 6.07 Å². The van der Waals surface area contributed by atoms with E-state index >= 15 is 0 Å². The fourth-order valence-electron chi connectivity index (χ4n) is 4.73. The summed E-state index contributed by atoms with van der Waals surface area (Å²) in [7, 11) is -3.47. The summed E-state index contributed by atoms with van der Waals surface area (Å²) in [6, 6.07) is 11.7. The molecule has 1 aromatic heterocycles. The summed E-state index contributed by atoms with van der Waals surface area (Å²) < 4.78 is 126. The summed E-state index contributed by atoms with van der Waals surface area (Å²) >= 11 is 6.08. The predicted octanol–water partition coefficient (Wildman–Crippen LogP) is 7.61. The average Bonchev–Trinajstić information content (AvgIpc) is 3.48. The Morgan fingerprint density at radius 3 is 2.44 bits per heavy atom. The van der Waals surface area contributed by atoms with E-state index in [2.05, 4.69) is 9.89 Å². The maximum atomic E-state index is 13.8.